The molecule has 210 valence electrons. The summed E-state index contributed by atoms with van der Waals surface area (Å²) in [7, 11) is 0. The second-order valence-electron chi connectivity index (χ2n) is 10.2. The number of aromatic nitrogens is 7. The molecule has 4 aromatic carbocycles. The van der Waals surface area contributed by atoms with Gasteiger partial charge >= 0.3 is 0 Å². The zero-order valence-electron chi connectivity index (χ0n) is 23.6. The number of halogens is 1. The maximum Gasteiger partial charge on any atom is 0.261 e. The number of benzene rings is 4. The van der Waals surface area contributed by atoms with Crippen LogP contribution in [-0.4, -0.2) is 34.2 Å². The largest absolute Gasteiger partial charge is 0.292 e. The van der Waals surface area contributed by atoms with E-state index in [2.05, 4.69) is 89.6 Å². The molecule has 0 radical (unpaired) electrons. The molecule has 0 aliphatic rings. The molecule has 0 saturated heterocycles. The van der Waals surface area contributed by atoms with Crippen molar-refractivity contribution in [2.24, 2.45) is 4.99 Å². The van der Waals surface area contributed by atoms with Crippen molar-refractivity contribution in [1.29, 1.82) is 0 Å². The zero-order valence-corrected chi connectivity index (χ0v) is 24.4. The Bertz CT molecular complexity index is 2160. The van der Waals surface area contributed by atoms with Gasteiger partial charge in [-0.3, -0.25) is 4.98 Å². The first kappa shape index (κ1) is 26.6. The van der Waals surface area contributed by atoms with Crippen LogP contribution in [0, 0.1) is 0 Å². The number of hydrogen-bond acceptors (Lipinski definition) is 5. The summed E-state index contributed by atoms with van der Waals surface area (Å²) in [6.45, 7) is 4.20. The minimum atomic E-state index is 0.0894. The quantitative estimate of drug-likeness (QED) is 0.220. The van der Waals surface area contributed by atoms with Crippen molar-refractivity contribution in [3.8, 4) is 33.6 Å². The Morgan fingerprint density at radius 2 is 1.26 bits per heavy atom. The molecular weight excluding hydrogens is 556 g/mol. The van der Waals surface area contributed by atoms with Gasteiger partial charge in [-0.15, -0.1) is 10.2 Å². The van der Waals surface area contributed by atoms with E-state index in [-0.39, 0.29) is 5.28 Å². The monoisotopic (exact) mass is 582 g/mol. The van der Waals surface area contributed by atoms with E-state index in [1.54, 1.807) is 9.03 Å². The van der Waals surface area contributed by atoms with Gasteiger partial charge in [-0.25, -0.2) is 4.99 Å². The van der Waals surface area contributed by atoms with E-state index in [0.717, 1.165) is 45.5 Å². The number of allylic oxidation sites excluding steroid dienone is 1. The average Bonchev–Trinajstić information content (AvgIpc) is 3.68. The van der Waals surface area contributed by atoms with Crippen LogP contribution in [-0.2, 0) is 0 Å². The standard InChI is InChI=1S/C34H27ClN8/c1-3-22(2)29(27-18-14-25(15-19-27)23-10-6-4-7-11-23)36-32-39-33-37-30(40-42(33)34-38-31(35)41-43(32)34)28-20-16-26(17-21-28)24-12-8-5-9-13-24/h4-21H,3H2,1-2H3,(H,36,37,39,40)/b29-22+. The predicted molar refractivity (Wildman–Crippen MR) is 170 cm³/mol. The summed E-state index contributed by atoms with van der Waals surface area (Å²) in [5.74, 6) is 1.43. The molecule has 7 rings (SSSR count). The number of rotatable bonds is 6. The zero-order chi connectivity index (χ0) is 29.3. The molecule has 0 amide bonds. The SMILES string of the molecule is CC/C(C)=C(/N=c1[nH]c2nc(-c3ccc(-c4ccccc4)cc3)nn2c2nc(Cl)nn12)c1ccc(-c2ccccc2)cc1. The van der Waals surface area contributed by atoms with Crippen molar-refractivity contribution < 1.29 is 0 Å². The summed E-state index contributed by atoms with van der Waals surface area (Å²) in [5, 5.41) is 9.23. The number of H-pyrrole nitrogens is 1. The van der Waals surface area contributed by atoms with Gasteiger partial charge in [0.25, 0.3) is 5.78 Å². The van der Waals surface area contributed by atoms with Gasteiger partial charge in [-0.1, -0.05) is 116 Å². The summed E-state index contributed by atoms with van der Waals surface area (Å²) in [4.78, 5) is 17.6. The Labute approximate surface area is 252 Å². The van der Waals surface area contributed by atoms with Crippen LogP contribution in [0.3, 0.4) is 0 Å². The van der Waals surface area contributed by atoms with Crippen LogP contribution in [0.5, 0.6) is 0 Å². The lowest BCUT2D eigenvalue weighted by Gasteiger charge is -2.09. The van der Waals surface area contributed by atoms with E-state index in [4.69, 9.17) is 26.7 Å². The van der Waals surface area contributed by atoms with Crippen LogP contribution >= 0.6 is 11.6 Å². The lowest BCUT2D eigenvalue weighted by Crippen LogP contribution is -2.22. The van der Waals surface area contributed by atoms with Crippen molar-refractivity contribution in [1.82, 2.24) is 34.2 Å². The Morgan fingerprint density at radius 1 is 0.698 bits per heavy atom. The fraction of sp³-hybridized carbons (Fsp3) is 0.0882. The predicted octanol–water partition coefficient (Wildman–Crippen LogP) is 7.50. The molecule has 0 spiro atoms. The van der Waals surface area contributed by atoms with Gasteiger partial charge in [-0.05, 0) is 52.8 Å². The Hall–Kier alpha value is -5.34. The molecule has 9 heteroatoms. The van der Waals surface area contributed by atoms with Gasteiger partial charge in [0.15, 0.2) is 5.82 Å². The average molecular weight is 583 g/mol. The smallest absolute Gasteiger partial charge is 0.261 e. The molecule has 3 heterocycles. The van der Waals surface area contributed by atoms with Gasteiger partial charge in [0.2, 0.25) is 16.7 Å². The third-order valence-corrected chi connectivity index (χ3v) is 7.61. The van der Waals surface area contributed by atoms with Crippen molar-refractivity contribution >= 4 is 28.9 Å². The molecule has 3 aromatic heterocycles. The van der Waals surface area contributed by atoms with E-state index < -0.39 is 0 Å². The minimum Gasteiger partial charge on any atom is -0.292 e. The van der Waals surface area contributed by atoms with Crippen LogP contribution in [0.4, 0.5) is 0 Å². The third kappa shape index (κ3) is 5.13. The molecule has 0 fully saturated rings. The van der Waals surface area contributed by atoms with E-state index in [1.807, 2.05) is 48.5 Å². The lowest BCUT2D eigenvalue weighted by atomic mass is 10.0. The first-order valence-corrected chi connectivity index (χ1v) is 14.4. The summed E-state index contributed by atoms with van der Waals surface area (Å²) in [6.07, 6.45) is 0.830. The number of aromatic amines is 1. The van der Waals surface area contributed by atoms with Gasteiger partial charge in [0, 0.05) is 11.1 Å². The van der Waals surface area contributed by atoms with Crippen LogP contribution in [0.1, 0.15) is 25.8 Å². The molecule has 0 unspecified atom stereocenters. The van der Waals surface area contributed by atoms with E-state index in [0.29, 0.717) is 23.0 Å². The van der Waals surface area contributed by atoms with Crippen LogP contribution in [0.15, 0.2) is 120 Å². The van der Waals surface area contributed by atoms with Crippen molar-refractivity contribution in [3.63, 3.8) is 0 Å². The minimum absolute atomic E-state index is 0.0894. The van der Waals surface area contributed by atoms with Gasteiger partial charge < -0.3 is 0 Å². The van der Waals surface area contributed by atoms with Crippen LogP contribution in [0.25, 0.3) is 50.9 Å². The molecule has 0 aliphatic carbocycles. The Kier molecular flexibility index (Phi) is 6.89. The second-order valence-corrected chi connectivity index (χ2v) is 10.5. The summed E-state index contributed by atoms with van der Waals surface area (Å²) in [5.41, 5.74) is 8.85. The fourth-order valence-corrected chi connectivity index (χ4v) is 5.17. The van der Waals surface area contributed by atoms with Crippen LogP contribution < -0.4 is 5.62 Å². The van der Waals surface area contributed by atoms with E-state index >= 15 is 0 Å². The highest BCUT2D eigenvalue weighted by Crippen LogP contribution is 2.26. The first-order chi connectivity index (χ1) is 21.1. The summed E-state index contributed by atoms with van der Waals surface area (Å²) in [6, 6.07) is 37.2. The topological polar surface area (TPSA) is 88.5 Å². The highest BCUT2D eigenvalue weighted by atomic mass is 35.5. The Morgan fingerprint density at radius 3 is 1.86 bits per heavy atom. The molecule has 0 bridgehead atoms. The van der Waals surface area contributed by atoms with E-state index in [1.165, 1.54) is 5.56 Å². The number of fused-ring (bicyclic) bond motifs is 3. The first-order valence-electron chi connectivity index (χ1n) is 14.0. The number of hydrogen-bond donors (Lipinski definition) is 1. The van der Waals surface area contributed by atoms with Gasteiger partial charge in [0.1, 0.15) is 0 Å². The van der Waals surface area contributed by atoms with Gasteiger partial charge in [-0.2, -0.15) is 19.0 Å². The van der Waals surface area contributed by atoms with Crippen molar-refractivity contribution in [2.45, 2.75) is 20.3 Å². The van der Waals surface area contributed by atoms with Crippen molar-refractivity contribution in [2.75, 3.05) is 0 Å². The molecule has 7 aromatic rings. The maximum absolute atomic E-state index is 6.30. The van der Waals surface area contributed by atoms with Gasteiger partial charge in [0.05, 0.1) is 5.70 Å². The third-order valence-electron chi connectivity index (χ3n) is 7.45. The summed E-state index contributed by atoms with van der Waals surface area (Å²) >= 11 is 6.30. The summed E-state index contributed by atoms with van der Waals surface area (Å²) < 4.78 is 3.16. The molecule has 0 aliphatic heterocycles. The van der Waals surface area contributed by atoms with Crippen LogP contribution in [0.2, 0.25) is 5.28 Å². The van der Waals surface area contributed by atoms with Crippen molar-refractivity contribution in [3.05, 3.63) is 131 Å². The molecule has 0 saturated carbocycles. The molecular formula is C34H27ClN8. The second kappa shape index (κ2) is 11.2. The molecule has 43 heavy (non-hydrogen) atoms. The highest BCUT2D eigenvalue weighted by molar-refractivity contribution is 6.28. The normalized spacial score (nSPS) is 12.7. The highest BCUT2D eigenvalue weighted by Gasteiger charge is 2.15. The molecule has 0 atom stereocenters. The maximum atomic E-state index is 6.30. The molecule has 8 nitrogen and oxygen atoms in total. The molecule has 1 N–H and O–H groups in total. The lowest BCUT2D eigenvalue weighted by molar-refractivity contribution is 0.786. The number of nitrogens with one attached hydrogen (secondary N) is 1. The Balaban J connectivity index is 1.32. The number of nitrogens with zero attached hydrogens (tertiary/aromatic N) is 7. The van der Waals surface area contributed by atoms with E-state index in [9.17, 15) is 0 Å². The fourth-order valence-electron chi connectivity index (χ4n) is 5.01.